The van der Waals surface area contributed by atoms with E-state index in [1.165, 1.54) is 0 Å². The van der Waals surface area contributed by atoms with E-state index in [0.29, 0.717) is 17.1 Å². The zero-order valence-electron chi connectivity index (χ0n) is 16.3. The number of anilines is 3. The standard InChI is InChI=1S/C21H23BrN4O3/c1-14-11-19(27)24-17-9-5-6-10-18(17)26(14)21(29)13-25(2)12-20(28)23-16-8-4-3-7-15(16)22/h3-10,14H,11-13H2,1-2H3,(H,23,28)(H,24,27)/t14-/m0/s1. The van der Waals surface area contributed by atoms with E-state index in [0.717, 1.165) is 4.47 Å². The number of carbonyl (C=O) groups is 3. The normalized spacial score (nSPS) is 16.1. The summed E-state index contributed by atoms with van der Waals surface area (Å²) in [7, 11) is 1.72. The van der Waals surface area contributed by atoms with Gasteiger partial charge in [0, 0.05) is 16.9 Å². The molecule has 1 aliphatic heterocycles. The average molecular weight is 459 g/mol. The van der Waals surface area contributed by atoms with Gasteiger partial charge in [-0.3, -0.25) is 19.3 Å². The summed E-state index contributed by atoms with van der Waals surface area (Å²) < 4.78 is 0.791. The van der Waals surface area contributed by atoms with E-state index in [2.05, 4.69) is 26.6 Å². The number of hydrogen-bond acceptors (Lipinski definition) is 4. The third kappa shape index (κ3) is 5.21. The first kappa shape index (κ1) is 21.0. The lowest BCUT2D eigenvalue weighted by Gasteiger charge is -2.29. The smallest absolute Gasteiger partial charge is 0.241 e. The van der Waals surface area contributed by atoms with Crippen LogP contribution in [0.2, 0.25) is 0 Å². The Labute approximate surface area is 178 Å². The molecule has 0 saturated heterocycles. The Bertz CT molecular complexity index is 934. The number of benzene rings is 2. The minimum Gasteiger partial charge on any atom is -0.324 e. The van der Waals surface area contributed by atoms with Crippen molar-refractivity contribution in [3.05, 3.63) is 53.0 Å². The van der Waals surface area contributed by atoms with E-state index < -0.39 is 0 Å². The Morgan fingerprint density at radius 3 is 2.62 bits per heavy atom. The van der Waals surface area contributed by atoms with E-state index in [4.69, 9.17) is 0 Å². The van der Waals surface area contributed by atoms with E-state index in [9.17, 15) is 14.4 Å². The summed E-state index contributed by atoms with van der Waals surface area (Å²) >= 11 is 3.40. The summed E-state index contributed by atoms with van der Waals surface area (Å²) in [6, 6.07) is 14.3. The second kappa shape index (κ2) is 9.19. The van der Waals surface area contributed by atoms with Crippen LogP contribution in [0.4, 0.5) is 17.1 Å². The number of halogens is 1. The molecule has 8 heteroatoms. The summed E-state index contributed by atoms with van der Waals surface area (Å²) in [5.41, 5.74) is 1.96. The Kier molecular flexibility index (Phi) is 6.66. The molecule has 0 fully saturated rings. The van der Waals surface area contributed by atoms with Crippen LogP contribution >= 0.6 is 15.9 Å². The van der Waals surface area contributed by atoms with Gasteiger partial charge in [-0.2, -0.15) is 0 Å². The lowest BCUT2D eigenvalue weighted by atomic mass is 10.1. The van der Waals surface area contributed by atoms with Crippen LogP contribution in [0.25, 0.3) is 0 Å². The van der Waals surface area contributed by atoms with Crippen LogP contribution in [-0.4, -0.2) is 48.8 Å². The molecule has 7 nitrogen and oxygen atoms in total. The number of hydrogen-bond donors (Lipinski definition) is 2. The van der Waals surface area contributed by atoms with Gasteiger partial charge >= 0.3 is 0 Å². The second-order valence-electron chi connectivity index (χ2n) is 7.08. The zero-order chi connectivity index (χ0) is 21.0. The molecule has 0 unspecified atom stereocenters. The molecule has 29 heavy (non-hydrogen) atoms. The van der Waals surface area contributed by atoms with Gasteiger partial charge in [0.1, 0.15) is 0 Å². The van der Waals surface area contributed by atoms with Gasteiger partial charge in [0.25, 0.3) is 0 Å². The zero-order valence-corrected chi connectivity index (χ0v) is 17.9. The van der Waals surface area contributed by atoms with Gasteiger partial charge in [-0.1, -0.05) is 24.3 Å². The molecular formula is C21H23BrN4O3. The summed E-state index contributed by atoms with van der Waals surface area (Å²) in [5.74, 6) is -0.507. The van der Waals surface area contributed by atoms with Crippen molar-refractivity contribution in [3.8, 4) is 0 Å². The molecule has 2 aromatic carbocycles. The second-order valence-corrected chi connectivity index (χ2v) is 7.94. The summed E-state index contributed by atoms with van der Waals surface area (Å²) in [4.78, 5) is 40.7. The highest BCUT2D eigenvalue weighted by atomic mass is 79.9. The minimum atomic E-state index is -0.284. The molecule has 0 spiro atoms. The van der Waals surface area contributed by atoms with Crippen LogP contribution in [0, 0.1) is 0 Å². The topological polar surface area (TPSA) is 81.8 Å². The molecule has 1 atom stereocenters. The molecule has 1 heterocycles. The lowest BCUT2D eigenvalue weighted by molar-refractivity contribution is -0.121. The fraction of sp³-hybridized carbons (Fsp3) is 0.286. The maximum Gasteiger partial charge on any atom is 0.241 e. The summed E-state index contributed by atoms with van der Waals surface area (Å²) in [6.07, 6.45) is 0.215. The molecule has 0 aliphatic carbocycles. The number of fused-ring (bicyclic) bond motifs is 1. The largest absolute Gasteiger partial charge is 0.324 e. The van der Waals surface area contributed by atoms with Crippen molar-refractivity contribution in [2.45, 2.75) is 19.4 Å². The van der Waals surface area contributed by atoms with Gasteiger partial charge in [0.15, 0.2) is 0 Å². The van der Waals surface area contributed by atoms with Gasteiger partial charge in [-0.25, -0.2) is 0 Å². The van der Waals surface area contributed by atoms with Crippen LogP contribution in [-0.2, 0) is 14.4 Å². The van der Waals surface area contributed by atoms with Gasteiger partial charge in [0.2, 0.25) is 17.7 Å². The minimum absolute atomic E-state index is 0.0518. The molecule has 152 valence electrons. The van der Waals surface area contributed by atoms with E-state index in [1.807, 2.05) is 43.3 Å². The van der Waals surface area contributed by atoms with Gasteiger partial charge < -0.3 is 15.5 Å². The first-order chi connectivity index (χ1) is 13.8. The molecule has 2 N–H and O–H groups in total. The van der Waals surface area contributed by atoms with E-state index in [-0.39, 0.29) is 43.3 Å². The fourth-order valence-electron chi connectivity index (χ4n) is 3.33. The Morgan fingerprint density at radius 2 is 1.86 bits per heavy atom. The van der Waals surface area contributed by atoms with E-state index >= 15 is 0 Å². The van der Waals surface area contributed by atoms with Crippen molar-refractivity contribution < 1.29 is 14.4 Å². The number of likely N-dealkylation sites (N-methyl/N-ethyl adjacent to an activating group) is 1. The lowest BCUT2D eigenvalue weighted by Crippen LogP contribution is -2.45. The third-order valence-corrected chi connectivity index (χ3v) is 5.29. The maximum atomic E-state index is 13.0. The first-order valence-electron chi connectivity index (χ1n) is 9.29. The molecule has 3 amide bonds. The molecule has 0 radical (unpaired) electrons. The average Bonchev–Trinajstić information content (AvgIpc) is 2.77. The molecule has 0 aromatic heterocycles. The van der Waals surface area contributed by atoms with Crippen LogP contribution in [0.1, 0.15) is 13.3 Å². The monoisotopic (exact) mass is 458 g/mol. The predicted molar refractivity (Wildman–Crippen MR) is 117 cm³/mol. The van der Waals surface area contributed by atoms with Crippen molar-refractivity contribution in [1.29, 1.82) is 0 Å². The van der Waals surface area contributed by atoms with Crippen LogP contribution in [0.15, 0.2) is 53.0 Å². The van der Waals surface area contributed by atoms with Crippen molar-refractivity contribution in [2.24, 2.45) is 0 Å². The predicted octanol–water partition coefficient (Wildman–Crippen LogP) is 3.08. The molecule has 0 bridgehead atoms. The number of nitrogens with one attached hydrogen (secondary N) is 2. The van der Waals surface area contributed by atoms with Gasteiger partial charge in [0.05, 0.1) is 30.2 Å². The van der Waals surface area contributed by atoms with Crippen molar-refractivity contribution in [2.75, 3.05) is 35.7 Å². The molecular weight excluding hydrogens is 436 g/mol. The van der Waals surface area contributed by atoms with Crippen LogP contribution in [0.5, 0.6) is 0 Å². The third-order valence-electron chi connectivity index (χ3n) is 4.59. The fourth-order valence-corrected chi connectivity index (χ4v) is 3.71. The quantitative estimate of drug-likeness (QED) is 0.720. The van der Waals surface area contributed by atoms with Crippen molar-refractivity contribution in [1.82, 2.24) is 4.90 Å². The Morgan fingerprint density at radius 1 is 1.17 bits per heavy atom. The highest BCUT2D eigenvalue weighted by molar-refractivity contribution is 9.10. The molecule has 0 saturated carbocycles. The van der Waals surface area contributed by atoms with Gasteiger partial charge in [-0.15, -0.1) is 0 Å². The SMILES string of the molecule is C[C@H]1CC(=O)Nc2ccccc2N1C(=O)CN(C)CC(=O)Nc1ccccc1Br. The van der Waals surface area contributed by atoms with E-state index in [1.54, 1.807) is 29.0 Å². The summed E-state index contributed by atoms with van der Waals surface area (Å²) in [6.45, 7) is 1.96. The Balaban J connectivity index is 1.66. The number of rotatable bonds is 5. The first-order valence-corrected chi connectivity index (χ1v) is 10.1. The van der Waals surface area contributed by atoms with Crippen LogP contribution in [0.3, 0.4) is 0 Å². The molecule has 2 aromatic rings. The summed E-state index contributed by atoms with van der Waals surface area (Å²) in [5, 5.41) is 5.67. The Hall–Kier alpha value is -2.71. The number of nitrogens with zero attached hydrogens (tertiary/aromatic N) is 2. The highest BCUT2D eigenvalue weighted by Crippen LogP contribution is 2.31. The highest BCUT2D eigenvalue weighted by Gasteiger charge is 2.30. The van der Waals surface area contributed by atoms with Gasteiger partial charge in [-0.05, 0) is 54.2 Å². The molecule has 3 rings (SSSR count). The van der Waals surface area contributed by atoms with Crippen molar-refractivity contribution in [3.63, 3.8) is 0 Å². The number of carbonyl (C=O) groups excluding carboxylic acids is 3. The number of para-hydroxylation sites is 3. The number of amides is 3. The molecule has 1 aliphatic rings. The maximum absolute atomic E-state index is 13.0. The van der Waals surface area contributed by atoms with Crippen LogP contribution < -0.4 is 15.5 Å². The van der Waals surface area contributed by atoms with Crippen molar-refractivity contribution >= 4 is 50.7 Å².